The normalized spacial score (nSPS) is 12.4. The molecule has 3 N–H and O–H groups in total. The van der Waals surface area contributed by atoms with Crippen molar-refractivity contribution in [3.05, 3.63) is 28.8 Å². The Morgan fingerprint density at radius 1 is 1.20 bits per heavy atom. The van der Waals surface area contributed by atoms with Crippen LogP contribution in [0.1, 0.15) is 22.7 Å². The molecule has 0 aliphatic rings. The van der Waals surface area contributed by atoms with Gasteiger partial charge in [0, 0.05) is 0 Å². The molecule has 0 bridgehead atoms. The molecule has 0 spiro atoms. The fraction of sp³-hybridized carbons (Fsp3) is 0.400. The Bertz CT molecular complexity index is 321. The Kier molecular flexibility index (Phi) is 4.97. The molecule has 0 saturated heterocycles. The van der Waals surface area contributed by atoms with Crippen molar-refractivity contribution in [1.82, 2.24) is 0 Å². The topological polar surface area (TPSA) is 46.2 Å². The zero-order valence-corrected chi connectivity index (χ0v) is 9.31. The van der Waals surface area contributed by atoms with Gasteiger partial charge in [0.15, 0.2) is 0 Å². The molecule has 0 aromatic heterocycles. The highest BCUT2D eigenvalue weighted by Crippen LogP contribution is 2.27. The number of hydrogen-bond donors (Lipinski definition) is 2. The van der Waals surface area contributed by atoms with Gasteiger partial charge in [0.25, 0.3) is 6.43 Å². The third-order valence-electron chi connectivity index (χ3n) is 2.17. The van der Waals surface area contributed by atoms with E-state index in [1.54, 1.807) is 13.8 Å². The molecule has 2 nitrogen and oxygen atoms in total. The number of halogens is 3. The molecule has 0 amide bonds. The number of rotatable bonds is 2. The molecule has 0 radical (unpaired) electrons. The van der Waals surface area contributed by atoms with Gasteiger partial charge < -0.3 is 10.8 Å². The number of benzene rings is 1. The smallest absolute Gasteiger partial charge is 0.257 e. The van der Waals surface area contributed by atoms with Crippen LogP contribution >= 0.6 is 12.4 Å². The van der Waals surface area contributed by atoms with Gasteiger partial charge in [-0.2, -0.15) is 0 Å². The molecule has 0 aliphatic carbocycles. The summed E-state index contributed by atoms with van der Waals surface area (Å²) in [5.74, 6) is 0.134. The molecule has 0 unspecified atom stereocenters. The van der Waals surface area contributed by atoms with Crippen molar-refractivity contribution in [2.75, 3.05) is 0 Å². The molecule has 0 heterocycles. The van der Waals surface area contributed by atoms with Gasteiger partial charge in [0.2, 0.25) is 0 Å². The summed E-state index contributed by atoms with van der Waals surface area (Å²) >= 11 is 0. The highest BCUT2D eigenvalue weighted by atomic mass is 35.5. The fourth-order valence-corrected chi connectivity index (χ4v) is 1.33. The summed E-state index contributed by atoms with van der Waals surface area (Å²) in [5.41, 5.74) is 6.78. The first kappa shape index (κ1) is 14.1. The van der Waals surface area contributed by atoms with Gasteiger partial charge in [-0.25, -0.2) is 8.78 Å². The number of nitrogens with two attached hydrogens (primary N) is 1. The van der Waals surface area contributed by atoms with E-state index in [-0.39, 0.29) is 18.2 Å². The van der Waals surface area contributed by atoms with Crippen molar-refractivity contribution in [1.29, 1.82) is 0 Å². The average molecular weight is 238 g/mol. The third-order valence-corrected chi connectivity index (χ3v) is 2.17. The standard InChI is InChI=1S/C10H13F2NO.ClH/c1-5-3-7(8(13)10(11)12)4-6(2)9(5)14;/h3-4,8,10,14H,13H2,1-2H3;1H/t8-;/m0./s1. The van der Waals surface area contributed by atoms with Gasteiger partial charge in [-0.15, -0.1) is 12.4 Å². The van der Waals surface area contributed by atoms with Gasteiger partial charge in [0.1, 0.15) is 5.75 Å². The van der Waals surface area contributed by atoms with Crippen LogP contribution in [0.5, 0.6) is 5.75 Å². The van der Waals surface area contributed by atoms with E-state index in [4.69, 9.17) is 5.73 Å². The number of phenols is 1. The van der Waals surface area contributed by atoms with Crippen LogP contribution in [-0.4, -0.2) is 11.5 Å². The zero-order valence-electron chi connectivity index (χ0n) is 8.50. The summed E-state index contributed by atoms with van der Waals surface area (Å²) in [6, 6.07) is 1.69. The molecule has 0 fully saturated rings. The van der Waals surface area contributed by atoms with Crippen molar-refractivity contribution >= 4 is 12.4 Å². The van der Waals surface area contributed by atoms with Crippen LogP contribution in [0.15, 0.2) is 12.1 Å². The number of aryl methyl sites for hydroxylation is 2. The Morgan fingerprint density at radius 3 is 1.93 bits per heavy atom. The summed E-state index contributed by atoms with van der Waals surface area (Å²) in [7, 11) is 0. The zero-order chi connectivity index (χ0) is 10.9. The lowest BCUT2D eigenvalue weighted by atomic mass is 10.0. The van der Waals surface area contributed by atoms with Gasteiger partial charge in [-0.05, 0) is 30.5 Å². The largest absolute Gasteiger partial charge is 0.507 e. The first-order valence-corrected chi connectivity index (χ1v) is 4.27. The minimum atomic E-state index is -2.58. The van der Waals surface area contributed by atoms with E-state index in [1.807, 2.05) is 0 Å². The van der Waals surface area contributed by atoms with Crippen molar-refractivity contribution in [3.8, 4) is 5.75 Å². The molecule has 5 heteroatoms. The first-order valence-electron chi connectivity index (χ1n) is 4.27. The minimum absolute atomic E-state index is 0. The second-order valence-corrected chi connectivity index (χ2v) is 3.36. The van der Waals surface area contributed by atoms with Crippen molar-refractivity contribution < 1.29 is 13.9 Å². The molecule has 86 valence electrons. The van der Waals surface area contributed by atoms with Crippen LogP contribution in [0.4, 0.5) is 8.78 Å². The Morgan fingerprint density at radius 2 is 1.60 bits per heavy atom. The predicted octanol–water partition coefficient (Wildman–Crippen LogP) is 2.70. The maximum absolute atomic E-state index is 12.3. The maximum atomic E-state index is 12.3. The Hall–Kier alpha value is -0.870. The molecule has 1 rings (SSSR count). The van der Waals surface area contributed by atoms with Crippen LogP contribution in [0.25, 0.3) is 0 Å². The second kappa shape index (κ2) is 5.28. The van der Waals surface area contributed by atoms with Crippen LogP contribution in [-0.2, 0) is 0 Å². The molecule has 15 heavy (non-hydrogen) atoms. The van der Waals surface area contributed by atoms with E-state index < -0.39 is 12.5 Å². The lowest BCUT2D eigenvalue weighted by Crippen LogP contribution is -2.19. The monoisotopic (exact) mass is 237 g/mol. The summed E-state index contributed by atoms with van der Waals surface area (Å²) in [6.45, 7) is 3.31. The van der Waals surface area contributed by atoms with E-state index in [1.165, 1.54) is 12.1 Å². The van der Waals surface area contributed by atoms with Crippen LogP contribution < -0.4 is 5.73 Å². The number of alkyl halides is 2. The maximum Gasteiger partial charge on any atom is 0.257 e. The molecular formula is C10H14ClF2NO. The summed E-state index contributed by atoms with van der Waals surface area (Å²) < 4.78 is 24.6. The van der Waals surface area contributed by atoms with Crippen LogP contribution in [0.2, 0.25) is 0 Å². The molecular weight excluding hydrogens is 224 g/mol. The van der Waals surface area contributed by atoms with Crippen LogP contribution in [0, 0.1) is 13.8 Å². The quantitative estimate of drug-likeness (QED) is 0.831. The van der Waals surface area contributed by atoms with E-state index in [2.05, 4.69) is 0 Å². The first-order chi connectivity index (χ1) is 6.43. The minimum Gasteiger partial charge on any atom is -0.507 e. The van der Waals surface area contributed by atoms with E-state index in [0.717, 1.165) is 0 Å². The van der Waals surface area contributed by atoms with Crippen molar-refractivity contribution in [2.24, 2.45) is 5.73 Å². The van der Waals surface area contributed by atoms with Gasteiger partial charge in [-0.1, -0.05) is 12.1 Å². The molecule has 1 aromatic carbocycles. The lowest BCUT2D eigenvalue weighted by Gasteiger charge is -2.13. The second-order valence-electron chi connectivity index (χ2n) is 3.36. The SMILES string of the molecule is Cc1cc([C@H](N)C(F)F)cc(C)c1O.Cl. The average Bonchev–Trinajstić information content (AvgIpc) is 2.12. The number of aromatic hydroxyl groups is 1. The van der Waals surface area contributed by atoms with Crippen molar-refractivity contribution in [3.63, 3.8) is 0 Å². The highest BCUT2D eigenvalue weighted by molar-refractivity contribution is 5.85. The van der Waals surface area contributed by atoms with Gasteiger partial charge in [0.05, 0.1) is 6.04 Å². The molecule has 0 saturated carbocycles. The van der Waals surface area contributed by atoms with E-state index >= 15 is 0 Å². The van der Waals surface area contributed by atoms with Crippen LogP contribution in [0.3, 0.4) is 0 Å². The summed E-state index contributed by atoms with van der Waals surface area (Å²) in [4.78, 5) is 0. The van der Waals surface area contributed by atoms with E-state index in [9.17, 15) is 13.9 Å². The molecule has 1 atom stereocenters. The van der Waals surface area contributed by atoms with E-state index in [0.29, 0.717) is 16.7 Å². The summed E-state index contributed by atoms with van der Waals surface area (Å²) in [5, 5.41) is 9.42. The Labute approximate surface area is 93.5 Å². The predicted molar refractivity (Wildman–Crippen MR) is 57.8 cm³/mol. The number of phenolic OH excluding ortho intramolecular Hbond substituents is 1. The molecule has 1 aromatic rings. The molecule has 0 aliphatic heterocycles. The third kappa shape index (κ3) is 3.04. The Balaban J connectivity index is 0.00000196. The van der Waals surface area contributed by atoms with Gasteiger partial charge in [-0.3, -0.25) is 0 Å². The lowest BCUT2D eigenvalue weighted by molar-refractivity contribution is 0.116. The fourth-order valence-electron chi connectivity index (χ4n) is 1.33. The number of hydrogen-bond acceptors (Lipinski definition) is 2. The highest BCUT2D eigenvalue weighted by Gasteiger charge is 2.18. The summed E-state index contributed by atoms with van der Waals surface area (Å²) in [6.07, 6.45) is -2.58. The van der Waals surface area contributed by atoms with Gasteiger partial charge >= 0.3 is 0 Å². The van der Waals surface area contributed by atoms with Crippen molar-refractivity contribution in [2.45, 2.75) is 26.3 Å².